The molecule has 1 heterocycles. The largest absolute Gasteiger partial charge is 0.416 e. The van der Waals surface area contributed by atoms with E-state index < -0.39 is 17.4 Å². The summed E-state index contributed by atoms with van der Waals surface area (Å²) in [4.78, 5) is 14.0. The van der Waals surface area contributed by atoms with Gasteiger partial charge in [0.2, 0.25) is 0 Å². The molecule has 5 rings (SSSR count). The Morgan fingerprint density at radius 2 is 0.971 bits per heavy atom. The van der Waals surface area contributed by atoms with Crippen molar-refractivity contribution in [3.05, 3.63) is 131 Å². The minimum atomic E-state index is -4.53. The van der Waals surface area contributed by atoms with Crippen LogP contribution in [0.4, 0.5) is 13.2 Å². The van der Waals surface area contributed by atoms with E-state index in [9.17, 15) is 18.0 Å². The van der Waals surface area contributed by atoms with Gasteiger partial charge in [-0.2, -0.15) is 13.2 Å². The second-order valence-electron chi connectivity index (χ2n) is 7.77. The van der Waals surface area contributed by atoms with Crippen LogP contribution in [0.5, 0.6) is 0 Å². The highest BCUT2D eigenvalue weighted by Crippen LogP contribution is 2.36. The average Bonchev–Trinajstić information content (AvgIpc) is 3.18. The first-order chi connectivity index (χ1) is 16.4. The Kier molecular flexibility index (Phi) is 5.42. The second-order valence-corrected chi connectivity index (χ2v) is 7.77. The molecule has 0 aliphatic rings. The molecule has 0 saturated carbocycles. The molecule has 34 heavy (non-hydrogen) atoms. The van der Waals surface area contributed by atoms with Gasteiger partial charge in [0.15, 0.2) is 0 Å². The lowest BCUT2D eigenvalue weighted by Gasteiger charge is -2.13. The van der Waals surface area contributed by atoms with Crippen LogP contribution in [0.15, 0.2) is 120 Å². The first-order valence-corrected chi connectivity index (χ1v) is 10.7. The molecule has 0 unspecified atom stereocenters. The maximum atomic E-state index is 14.0. The lowest BCUT2D eigenvalue weighted by atomic mass is 10.0. The van der Waals surface area contributed by atoms with Gasteiger partial charge in [-0.3, -0.25) is 9.13 Å². The number of imidazole rings is 1. The number of para-hydroxylation sites is 1. The van der Waals surface area contributed by atoms with E-state index in [4.69, 9.17) is 0 Å². The topological polar surface area (TPSA) is 26.9 Å². The molecule has 0 bridgehead atoms. The zero-order valence-corrected chi connectivity index (χ0v) is 17.9. The third-order valence-corrected chi connectivity index (χ3v) is 5.59. The van der Waals surface area contributed by atoms with Crippen LogP contribution < -0.4 is 5.69 Å². The quantitative estimate of drug-likeness (QED) is 0.287. The zero-order chi connectivity index (χ0) is 23.7. The summed E-state index contributed by atoms with van der Waals surface area (Å²) >= 11 is 0. The highest BCUT2D eigenvalue weighted by atomic mass is 19.4. The van der Waals surface area contributed by atoms with Crippen molar-refractivity contribution in [3.8, 4) is 33.9 Å². The molecule has 168 valence electrons. The van der Waals surface area contributed by atoms with Crippen molar-refractivity contribution < 1.29 is 13.2 Å². The average molecular weight is 456 g/mol. The van der Waals surface area contributed by atoms with Crippen LogP contribution in [0.25, 0.3) is 33.9 Å². The fourth-order valence-electron chi connectivity index (χ4n) is 4.10. The van der Waals surface area contributed by atoms with Crippen LogP contribution in [0, 0.1) is 0 Å². The Balaban J connectivity index is 1.93. The number of hydrogen-bond donors (Lipinski definition) is 0. The van der Waals surface area contributed by atoms with Crippen molar-refractivity contribution in [2.75, 3.05) is 0 Å². The highest BCUT2D eigenvalue weighted by molar-refractivity contribution is 5.82. The molecule has 5 aromatic rings. The molecule has 4 aromatic carbocycles. The maximum Gasteiger partial charge on any atom is 0.416 e. The Morgan fingerprint density at radius 1 is 0.529 bits per heavy atom. The molecule has 0 spiro atoms. The molecular formula is C28H19F3N2O. The SMILES string of the molecule is O=c1n(-c2ccccc2)c(-c2ccccc2)c(-c2ccccc2)n1-c1cccc(C(F)(F)F)c1. The van der Waals surface area contributed by atoms with E-state index in [1.807, 2.05) is 78.9 Å². The molecule has 6 heteroatoms. The van der Waals surface area contributed by atoms with Crippen LogP contribution in [-0.2, 0) is 6.18 Å². The van der Waals surface area contributed by atoms with Gasteiger partial charge in [0.25, 0.3) is 0 Å². The summed E-state index contributed by atoms with van der Waals surface area (Å²) in [6.45, 7) is 0. The third kappa shape index (κ3) is 3.83. The van der Waals surface area contributed by atoms with E-state index >= 15 is 0 Å². The van der Waals surface area contributed by atoms with E-state index in [0.717, 1.165) is 17.7 Å². The lowest BCUT2D eigenvalue weighted by Crippen LogP contribution is -2.23. The Morgan fingerprint density at radius 3 is 1.47 bits per heavy atom. The van der Waals surface area contributed by atoms with Gasteiger partial charge < -0.3 is 0 Å². The number of benzene rings is 4. The van der Waals surface area contributed by atoms with Crippen molar-refractivity contribution in [2.45, 2.75) is 6.18 Å². The summed E-state index contributed by atoms with van der Waals surface area (Å²) in [6.07, 6.45) is -4.53. The highest BCUT2D eigenvalue weighted by Gasteiger charge is 2.31. The predicted octanol–water partition coefficient (Wildman–Crippen LogP) is 6.98. The Hall–Kier alpha value is -4.32. The third-order valence-electron chi connectivity index (χ3n) is 5.59. The monoisotopic (exact) mass is 456 g/mol. The maximum absolute atomic E-state index is 14.0. The second kappa shape index (κ2) is 8.56. The van der Waals surface area contributed by atoms with E-state index in [1.165, 1.54) is 16.7 Å². The van der Waals surface area contributed by atoms with Crippen molar-refractivity contribution in [1.29, 1.82) is 0 Å². The molecule has 0 aliphatic heterocycles. The van der Waals surface area contributed by atoms with Gasteiger partial charge >= 0.3 is 11.9 Å². The van der Waals surface area contributed by atoms with Crippen LogP contribution in [-0.4, -0.2) is 9.13 Å². The lowest BCUT2D eigenvalue weighted by molar-refractivity contribution is -0.137. The molecule has 0 radical (unpaired) electrons. The van der Waals surface area contributed by atoms with E-state index in [2.05, 4.69) is 0 Å². The van der Waals surface area contributed by atoms with Crippen LogP contribution in [0.2, 0.25) is 0 Å². The first kappa shape index (κ1) is 21.5. The van der Waals surface area contributed by atoms with E-state index in [1.54, 1.807) is 16.7 Å². The molecule has 0 fully saturated rings. The molecule has 0 N–H and O–H groups in total. The molecular weight excluding hydrogens is 437 g/mol. The number of alkyl halides is 3. The number of nitrogens with zero attached hydrogens (tertiary/aromatic N) is 2. The van der Waals surface area contributed by atoms with Crippen LogP contribution in [0.3, 0.4) is 0 Å². The summed E-state index contributed by atoms with van der Waals surface area (Å²) in [5, 5.41) is 0. The number of hydrogen-bond acceptors (Lipinski definition) is 1. The summed E-state index contributed by atoms with van der Waals surface area (Å²) in [5.41, 5.74) is 2.09. The van der Waals surface area contributed by atoms with Crippen molar-refractivity contribution in [3.63, 3.8) is 0 Å². The van der Waals surface area contributed by atoms with Gasteiger partial charge in [0, 0.05) is 11.1 Å². The van der Waals surface area contributed by atoms with Gasteiger partial charge in [0.1, 0.15) is 0 Å². The van der Waals surface area contributed by atoms with Gasteiger partial charge in [-0.15, -0.1) is 0 Å². The fourth-order valence-corrected chi connectivity index (χ4v) is 4.10. The molecule has 0 atom stereocenters. The molecule has 1 aromatic heterocycles. The Bertz CT molecular complexity index is 1490. The van der Waals surface area contributed by atoms with Crippen LogP contribution >= 0.6 is 0 Å². The summed E-state index contributed by atoms with van der Waals surface area (Å²) < 4.78 is 43.5. The minimum Gasteiger partial charge on any atom is -0.260 e. The van der Waals surface area contributed by atoms with Gasteiger partial charge in [-0.25, -0.2) is 4.79 Å². The van der Waals surface area contributed by atoms with Gasteiger partial charge in [0.05, 0.1) is 28.3 Å². The standard InChI is InChI=1S/C28H19F3N2O/c29-28(30,31)22-15-10-18-24(19-22)33-26(21-13-6-2-7-14-21)25(20-11-4-1-5-12-20)32(27(33)34)23-16-8-3-9-17-23/h1-19H. The summed E-state index contributed by atoms with van der Waals surface area (Å²) in [6, 6.07) is 32.6. The van der Waals surface area contributed by atoms with Crippen molar-refractivity contribution in [1.82, 2.24) is 9.13 Å². The normalized spacial score (nSPS) is 11.5. The summed E-state index contributed by atoms with van der Waals surface area (Å²) in [7, 11) is 0. The number of aromatic nitrogens is 2. The van der Waals surface area contributed by atoms with Crippen LogP contribution in [0.1, 0.15) is 5.56 Å². The first-order valence-electron chi connectivity index (χ1n) is 10.7. The Labute approximate surface area is 194 Å². The van der Waals surface area contributed by atoms with Crippen molar-refractivity contribution >= 4 is 0 Å². The smallest absolute Gasteiger partial charge is 0.260 e. The van der Waals surface area contributed by atoms with E-state index in [-0.39, 0.29) is 5.69 Å². The molecule has 0 aliphatic carbocycles. The van der Waals surface area contributed by atoms with E-state index in [0.29, 0.717) is 22.6 Å². The number of rotatable bonds is 4. The molecule has 0 saturated heterocycles. The van der Waals surface area contributed by atoms with Gasteiger partial charge in [-0.1, -0.05) is 84.9 Å². The predicted molar refractivity (Wildman–Crippen MR) is 127 cm³/mol. The zero-order valence-electron chi connectivity index (χ0n) is 17.9. The van der Waals surface area contributed by atoms with Crippen molar-refractivity contribution in [2.24, 2.45) is 0 Å². The van der Waals surface area contributed by atoms with Gasteiger partial charge in [-0.05, 0) is 30.3 Å². The fraction of sp³-hybridized carbons (Fsp3) is 0.0357. The summed E-state index contributed by atoms with van der Waals surface area (Å²) in [5.74, 6) is 0. The molecule has 3 nitrogen and oxygen atoms in total. The minimum absolute atomic E-state index is 0.144. The molecule has 0 amide bonds. The number of halogens is 3.